The number of aromatic nitrogens is 2. The second-order valence-electron chi connectivity index (χ2n) is 4.20. The molecule has 7 heteroatoms. The van der Waals surface area contributed by atoms with E-state index in [2.05, 4.69) is 10.5 Å². The Kier molecular flexibility index (Phi) is 3.41. The van der Waals surface area contributed by atoms with Gasteiger partial charge in [0, 0.05) is 11.8 Å². The van der Waals surface area contributed by atoms with Crippen LogP contribution in [-0.4, -0.2) is 33.4 Å². The van der Waals surface area contributed by atoms with Gasteiger partial charge in [-0.1, -0.05) is 0 Å². The molecular weight excluding hydrogens is 226 g/mol. The molecule has 2 rings (SSSR count). The molecule has 0 aliphatic carbocycles. The molecule has 1 aliphatic heterocycles. The minimum Gasteiger partial charge on any atom is -0.395 e. The van der Waals surface area contributed by atoms with Gasteiger partial charge in [-0.3, -0.25) is 19.2 Å². The van der Waals surface area contributed by atoms with Crippen molar-refractivity contribution >= 4 is 0 Å². The second-order valence-corrected chi connectivity index (χ2v) is 4.20. The van der Waals surface area contributed by atoms with E-state index in [0.29, 0.717) is 18.5 Å². The van der Waals surface area contributed by atoms with Crippen LogP contribution in [0.15, 0.2) is 15.8 Å². The Hall–Kier alpha value is -1.44. The largest absolute Gasteiger partial charge is 0.395 e. The van der Waals surface area contributed by atoms with E-state index in [4.69, 9.17) is 9.94 Å². The van der Waals surface area contributed by atoms with E-state index < -0.39 is 5.69 Å². The minimum atomic E-state index is -0.448. The first-order chi connectivity index (χ1) is 8.10. The van der Waals surface area contributed by atoms with Crippen LogP contribution in [0.1, 0.15) is 12.0 Å². The predicted octanol–water partition coefficient (Wildman–Crippen LogP) is -1.50. The van der Waals surface area contributed by atoms with E-state index in [1.165, 1.54) is 10.8 Å². The molecular formula is C10H15N3O4. The Labute approximate surface area is 97.0 Å². The topological polar surface area (TPSA) is 96.3 Å². The number of hydrogen-bond donors (Lipinski definition) is 3. The van der Waals surface area contributed by atoms with Crippen LogP contribution in [0.2, 0.25) is 0 Å². The third kappa shape index (κ3) is 2.63. The molecule has 0 amide bonds. The van der Waals surface area contributed by atoms with Crippen LogP contribution in [-0.2, 0) is 11.4 Å². The smallest absolute Gasteiger partial charge is 0.328 e. The number of H-pyrrole nitrogens is 1. The average molecular weight is 241 g/mol. The molecule has 0 aromatic carbocycles. The fraction of sp³-hybridized carbons (Fsp3) is 0.600. The van der Waals surface area contributed by atoms with E-state index in [-0.39, 0.29) is 24.3 Å². The number of rotatable bonds is 3. The van der Waals surface area contributed by atoms with Gasteiger partial charge in [0.25, 0.3) is 5.56 Å². The SMILES string of the molecule is Cc1cn(C[C@H]2C[C@H](CO)NO2)c(=O)[nH]c1=O. The first kappa shape index (κ1) is 12.0. The van der Waals surface area contributed by atoms with E-state index in [1.54, 1.807) is 6.92 Å². The molecule has 3 N–H and O–H groups in total. The van der Waals surface area contributed by atoms with Gasteiger partial charge in [0.2, 0.25) is 0 Å². The Morgan fingerprint density at radius 1 is 1.59 bits per heavy atom. The minimum absolute atomic E-state index is 0.00392. The monoisotopic (exact) mass is 241 g/mol. The van der Waals surface area contributed by atoms with Gasteiger partial charge in [-0.2, -0.15) is 5.48 Å². The van der Waals surface area contributed by atoms with Gasteiger partial charge < -0.3 is 5.11 Å². The van der Waals surface area contributed by atoms with E-state index in [9.17, 15) is 9.59 Å². The standard InChI is InChI=1S/C10H15N3O4/c1-6-3-13(10(16)11-9(6)15)4-8-2-7(5-14)12-17-8/h3,7-8,12,14H,2,4-5H2,1H3,(H,11,15,16)/t7-,8-/m1/s1. The Morgan fingerprint density at radius 3 is 3.00 bits per heavy atom. The summed E-state index contributed by atoms with van der Waals surface area (Å²) < 4.78 is 1.41. The van der Waals surface area contributed by atoms with Gasteiger partial charge in [-0.25, -0.2) is 4.79 Å². The zero-order valence-corrected chi connectivity index (χ0v) is 9.47. The van der Waals surface area contributed by atoms with Crippen LogP contribution < -0.4 is 16.7 Å². The van der Waals surface area contributed by atoms with Crippen LogP contribution in [0.25, 0.3) is 0 Å². The van der Waals surface area contributed by atoms with Crippen molar-refractivity contribution < 1.29 is 9.94 Å². The predicted molar refractivity (Wildman–Crippen MR) is 59.6 cm³/mol. The van der Waals surface area contributed by atoms with E-state index >= 15 is 0 Å². The van der Waals surface area contributed by atoms with Crippen molar-refractivity contribution in [2.45, 2.75) is 32.0 Å². The maximum absolute atomic E-state index is 11.5. The van der Waals surface area contributed by atoms with Crippen molar-refractivity contribution in [3.8, 4) is 0 Å². The van der Waals surface area contributed by atoms with Gasteiger partial charge in [0.1, 0.15) is 0 Å². The third-order valence-corrected chi connectivity index (χ3v) is 2.76. The molecule has 2 heterocycles. The van der Waals surface area contributed by atoms with Crippen LogP contribution in [0, 0.1) is 6.92 Å². The van der Waals surface area contributed by atoms with Crippen LogP contribution in [0.4, 0.5) is 0 Å². The highest BCUT2D eigenvalue weighted by Crippen LogP contribution is 2.11. The van der Waals surface area contributed by atoms with Gasteiger partial charge in [-0.05, 0) is 13.3 Å². The number of aliphatic hydroxyl groups excluding tert-OH is 1. The third-order valence-electron chi connectivity index (χ3n) is 2.76. The zero-order valence-electron chi connectivity index (χ0n) is 9.47. The molecule has 1 fully saturated rings. The Bertz CT molecular complexity index is 507. The van der Waals surface area contributed by atoms with Crippen molar-refractivity contribution in [2.24, 2.45) is 0 Å². The number of aliphatic hydroxyl groups is 1. The number of aromatic amines is 1. The molecule has 0 bridgehead atoms. The van der Waals surface area contributed by atoms with Crippen LogP contribution in [0.5, 0.6) is 0 Å². The zero-order chi connectivity index (χ0) is 12.4. The molecule has 0 saturated carbocycles. The number of nitrogens with zero attached hydrogens (tertiary/aromatic N) is 1. The molecule has 7 nitrogen and oxygen atoms in total. The van der Waals surface area contributed by atoms with Crippen LogP contribution in [0.3, 0.4) is 0 Å². The summed E-state index contributed by atoms with van der Waals surface area (Å²) in [4.78, 5) is 30.2. The molecule has 1 aliphatic rings. The first-order valence-electron chi connectivity index (χ1n) is 5.42. The molecule has 1 aromatic rings. The second kappa shape index (κ2) is 4.82. The van der Waals surface area contributed by atoms with Crippen molar-refractivity contribution in [3.63, 3.8) is 0 Å². The lowest BCUT2D eigenvalue weighted by atomic mass is 10.1. The summed E-state index contributed by atoms with van der Waals surface area (Å²) in [6, 6.07) is -0.0976. The molecule has 1 saturated heterocycles. The molecule has 17 heavy (non-hydrogen) atoms. The Balaban J connectivity index is 2.12. The Morgan fingerprint density at radius 2 is 2.35 bits per heavy atom. The lowest BCUT2D eigenvalue weighted by Gasteiger charge is -2.10. The molecule has 0 unspecified atom stereocenters. The first-order valence-corrected chi connectivity index (χ1v) is 5.42. The maximum Gasteiger partial charge on any atom is 0.328 e. The molecule has 0 radical (unpaired) electrons. The summed E-state index contributed by atoms with van der Waals surface area (Å²) in [5.74, 6) is 0. The number of hydroxylamine groups is 1. The van der Waals surface area contributed by atoms with Gasteiger partial charge in [-0.15, -0.1) is 0 Å². The summed E-state index contributed by atoms with van der Waals surface area (Å²) in [6.07, 6.45) is 1.95. The summed E-state index contributed by atoms with van der Waals surface area (Å²) in [6.45, 7) is 1.98. The molecule has 94 valence electrons. The van der Waals surface area contributed by atoms with Gasteiger partial charge in [0.15, 0.2) is 0 Å². The van der Waals surface area contributed by atoms with Crippen molar-refractivity contribution in [1.82, 2.24) is 15.0 Å². The average Bonchev–Trinajstić information content (AvgIpc) is 2.73. The highest BCUT2D eigenvalue weighted by atomic mass is 16.7. The summed E-state index contributed by atoms with van der Waals surface area (Å²) in [5, 5.41) is 8.93. The van der Waals surface area contributed by atoms with Gasteiger partial charge in [0.05, 0.1) is 25.3 Å². The van der Waals surface area contributed by atoms with Crippen LogP contribution >= 0.6 is 0 Å². The summed E-state index contributed by atoms with van der Waals surface area (Å²) >= 11 is 0. The number of aryl methyl sites for hydroxylation is 1. The summed E-state index contributed by atoms with van der Waals surface area (Å²) in [5.41, 5.74) is 2.35. The number of nitrogens with one attached hydrogen (secondary N) is 2. The highest BCUT2D eigenvalue weighted by Gasteiger charge is 2.25. The summed E-state index contributed by atoms with van der Waals surface area (Å²) in [7, 11) is 0. The maximum atomic E-state index is 11.5. The van der Waals surface area contributed by atoms with Crippen molar-refractivity contribution in [1.29, 1.82) is 0 Å². The van der Waals surface area contributed by atoms with Crippen molar-refractivity contribution in [3.05, 3.63) is 32.6 Å². The quantitative estimate of drug-likeness (QED) is 0.598. The highest BCUT2D eigenvalue weighted by molar-refractivity contribution is 5.01. The molecule has 2 atom stereocenters. The van der Waals surface area contributed by atoms with Crippen molar-refractivity contribution in [2.75, 3.05) is 6.61 Å². The lowest BCUT2D eigenvalue weighted by molar-refractivity contribution is 0.0127. The lowest BCUT2D eigenvalue weighted by Crippen LogP contribution is -2.33. The normalized spacial score (nSPS) is 24.1. The van der Waals surface area contributed by atoms with E-state index in [1.807, 2.05) is 0 Å². The molecule has 1 aromatic heterocycles. The fourth-order valence-corrected chi connectivity index (χ4v) is 1.80. The fourth-order valence-electron chi connectivity index (χ4n) is 1.80. The van der Waals surface area contributed by atoms with Gasteiger partial charge >= 0.3 is 5.69 Å². The van der Waals surface area contributed by atoms with E-state index in [0.717, 1.165) is 0 Å². The molecule has 0 spiro atoms. The number of hydrogen-bond acceptors (Lipinski definition) is 5.